The normalized spacial score (nSPS) is 10.7. The number of hydrogen-bond acceptors (Lipinski definition) is 3. The van der Waals surface area contributed by atoms with Gasteiger partial charge in [0.25, 0.3) is 0 Å². The van der Waals surface area contributed by atoms with E-state index in [4.69, 9.17) is 44.3 Å². The van der Waals surface area contributed by atoms with Gasteiger partial charge in [-0.1, -0.05) is 53.0 Å². The largest absolute Gasteiger partial charge is 0.493 e. The van der Waals surface area contributed by atoms with E-state index in [1.54, 1.807) is 19.2 Å². The van der Waals surface area contributed by atoms with Crippen molar-refractivity contribution >= 4 is 40.5 Å². The van der Waals surface area contributed by atoms with E-state index in [0.717, 1.165) is 16.8 Å². The van der Waals surface area contributed by atoms with E-state index >= 15 is 0 Å². The van der Waals surface area contributed by atoms with Crippen LogP contribution in [0.25, 0.3) is 0 Å². The second kappa shape index (κ2) is 9.62. The average molecular weight is 451 g/mol. The molecule has 0 bridgehead atoms. The summed E-state index contributed by atoms with van der Waals surface area (Å²) < 4.78 is 11.4. The summed E-state index contributed by atoms with van der Waals surface area (Å²) in [7, 11) is 1.59. The lowest BCUT2D eigenvalue weighted by Crippen LogP contribution is -2.04. The minimum Gasteiger partial charge on any atom is -0.493 e. The molecule has 152 valence electrons. The molecule has 0 aromatic heterocycles. The van der Waals surface area contributed by atoms with E-state index in [0.29, 0.717) is 33.1 Å². The lowest BCUT2D eigenvalue weighted by atomic mass is 10.1. The second-order valence-electron chi connectivity index (χ2n) is 6.73. The summed E-state index contributed by atoms with van der Waals surface area (Å²) in [5, 5.41) is 5.05. The number of hydrogen-bond donors (Lipinski definition) is 1. The van der Waals surface area contributed by atoms with E-state index in [-0.39, 0.29) is 6.61 Å². The predicted molar refractivity (Wildman–Crippen MR) is 122 cm³/mol. The van der Waals surface area contributed by atoms with E-state index in [9.17, 15) is 0 Å². The van der Waals surface area contributed by atoms with Crippen LogP contribution in [0.2, 0.25) is 15.1 Å². The van der Waals surface area contributed by atoms with Crippen molar-refractivity contribution in [1.29, 1.82) is 0 Å². The van der Waals surface area contributed by atoms with E-state index < -0.39 is 0 Å². The molecule has 0 heterocycles. The van der Waals surface area contributed by atoms with Crippen molar-refractivity contribution in [1.82, 2.24) is 0 Å². The first kappa shape index (κ1) is 21.6. The zero-order valence-corrected chi connectivity index (χ0v) is 18.8. The van der Waals surface area contributed by atoms with Crippen molar-refractivity contribution in [2.75, 3.05) is 12.4 Å². The van der Waals surface area contributed by atoms with Gasteiger partial charge >= 0.3 is 0 Å². The van der Waals surface area contributed by atoms with Gasteiger partial charge < -0.3 is 14.8 Å². The van der Waals surface area contributed by atoms with Crippen molar-refractivity contribution in [3.63, 3.8) is 0 Å². The Labute approximate surface area is 186 Å². The Hall–Kier alpha value is -2.07. The number of methoxy groups -OCH3 is 1. The van der Waals surface area contributed by atoms with Gasteiger partial charge in [-0.25, -0.2) is 0 Å². The van der Waals surface area contributed by atoms with Gasteiger partial charge in [-0.3, -0.25) is 0 Å². The van der Waals surface area contributed by atoms with Crippen LogP contribution in [0.15, 0.2) is 48.5 Å². The molecule has 3 aromatic rings. The van der Waals surface area contributed by atoms with Crippen molar-refractivity contribution in [2.45, 2.75) is 27.0 Å². The van der Waals surface area contributed by atoms with Gasteiger partial charge in [-0.15, -0.1) is 0 Å². The van der Waals surface area contributed by atoms with Gasteiger partial charge in [-0.05, 0) is 60.9 Å². The maximum atomic E-state index is 6.50. The fraction of sp³-hybridized carbons (Fsp3) is 0.217. The number of ether oxygens (including phenoxy) is 2. The van der Waals surface area contributed by atoms with Crippen LogP contribution in [0.4, 0.5) is 5.69 Å². The molecule has 0 saturated carbocycles. The summed E-state index contributed by atoms with van der Waals surface area (Å²) in [6.07, 6.45) is 0. The molecule has 0 aliphatic carbocycles. The number of halogens is 3. The number of aryl methyl sites for hydroxylation is 1. The zero-order valence-electron chi connectivity index (χ0n) is 16.5. The SMILES string of the molecule is COc1cc(CNc2cccc(C)c2C)cc(Cl)c1OCc1ccc(Cl)cc1Cl. The maximum Gasteiger partial charge on any atom is 0.180 e. The molecule has 0 spiro atoms. The molecule has 29 heavy (non-hydrogen) atoms. The Balaban J connectivity index is 1.75. The van der Waals surface area contributed by atoms with Crippen LogP contribution >= 0.6 is 34.8 Å². The minimum absolute atomic E-state index is 0.256. The first-order valence-corrected chi connectivity index (χ1v) is 10.3. The van der Waals surface area contributed by atoms with Crippen molar-refractivity contribution in [2.24, 2.45) is 0 Å². The molecular weight excluding hydrogens is 429 g/mol. The zero-order chi connectivity index (χ0) is 21.0. The number of anilines is 1. The molecule has 3 nitrogen and oxygen atoms in total. The molecule has 0 unspecified atom stereocenters. The molecule has 3 rings (SSSR count). The number of benzene rings is 3. The third-order valence-electron chi connectivity index (χ3n) is 4.76. The van der Waals surface area contributed by atoms with Crippen LogP contribution in [-0.2, 0) is 13.2 Å². The molecule has 0 fully saturated rings. The van der Waals surface area contributed by atoms with Gasteiger partial charge in [0, 0.05) is 27.8 Å². The van der Waals surface area contributed by atoms with Gasteiger partial charge in [0.15, 0.2) is 11.5 Å². The Bertz CT molecular complexity index is 1020. The van der Waals surface area contributed by atoms with Crippen LogP contribution in [0.5, 0.6) is 11.5 Å². The Kier molecular flexibility index (Phi) is 7.18. The molecule has 0 amide bonds. The van der Waals surface area contributed by atoms with Gasteiger partial charge in [-0.2, -0.15) is 0 Å². The molecule has 0 aliphatic rings. The van der Waals surface area contributed by atoms with Crippen LogP contribution < -0.4 is 14.8 Å². The molecule has 6 heteroatoms. The van der Waals surface area contributed by atoms with Crippen molar-refractivity contribution in [3.05, 3.63) is 85.9 Å². The summed E-state index contributed by atoms with van der Waals surface area (Å²) >= 11 is 18.7. The highest BCUT2D eigenvalue weighted by atomic mass is 35.5. The Morgan fingerprint density at radius 1 is 0.931 bits per heavy atom. The summed E-state index contributed by atoms with van der Waals surface area (Å²) in [4.78, 5) is 0. The predicted octanol–water partition coefficient (Wildman–Crippen LogP) is 7.46. The van der Waals surface area contributed by atoms with Gasteiger partial charge in [0.05, 0.1) is 12.1 Å². The average Bonchev–Trinajstić information content (AvgIpc) is 2.69. The van der Waals surface area contributed by atoms with E-state index in [2.05, 4.69) is 31.3 Å². The van der Waals surface area contributed by atoms with Crippen LogP contribution in [0.3, 0.4) is 0 Å². The Morgan fingerprint density at radius 3 is 2.45 bits per heavy atom. The van der Waals surface area contributed by atoms with Crippen molar-refractivity contribution < 1.29 is 9.47 Å². The van der Waals surface area contributed by atoms with Crippen LogP contribution in [-0.4, -0.2) is 7.11 Å². The molecule has 1 N–H and O–H groups in total. The lowest BCUT2D eigenvalue weighted by molar-refractivity contribution is 0.284. The maximum absolute atomic E-state index is 6.50. The molecule has 0 saturated heterocycles. The van der Waals surface area contributed by atoms with Gasteiger partial charge in [0.1, 0.15) is 6.61 Å². The standard InChI is InChI=1S/C23H22Cl3NO2/c1-14-5-4-6-21(15(14)2)27-12-16-9-20(26)23(22(10-16)28-3)29-13-17-7-8-18(24)11-19(17)25/h4-11,27H,12-13H2,1-3H3. The second-order valence-corrected chi connectivity index (χ2v) is 7.99. The summed E-state index contributed by atoms with van der Waals surface area (Å²) in [5.74, 6) is 1.05. The highest BCUT2D eigenvalue weighted by molar-refractivity contribution is 6.35. The summed E-state index contributed by atoms with van der Waals surface area (Å²) in [6, 6.07) is 15.3. The molecule has 0 aliphatic heterocycles. The number of nitrogens with one attached hydrogen (secondary N) is 1. The third kappa shape index (κ3) is 5.30. The first-order chi connectivity index (χ1) is 13.9. The molecule has 0 atom stereocenters. The monoisotopic (exact) mass is 449 g/mol. The number of rotatable bonds is 7. The van der Waals surface area contributed by atoms with Crippen molar-refractivity contribution in [3.8, 4) is 11.5 Å². The topological polar surface area (TPSA) is 30.5 Å². The fourth-order valence-corrected chi connectivity index (χ4v) is 3.69. The van der Waals surface area contributed by atoms with E-state index in [1.165, 1.54) is 11.1 Å². The highest BCUT2D eigenvalue weighted by Gasteiger charge is 2.14. The molecular formula is C23H22Cl3NO2. The first-order valence-electron chi connectivity index (χ1n) is 9.12. The molecule has 3 aromatic carbocycles. The summed E-state index contributed by atoms with van der Waals surface area (Å²) in [6.45, 7) is 5.07. The lowest BCUT2D eigenvalue weighted by Gasteiger charge is -2.16. The smallest absolute Gasteiger partial charge is 0.180 e. The van der Waals surface area contributed by atoms with Crippen LogP contribution in [0.1, 0.15) is 22.3 Å². The fourth-order valence-electron chi connectivity index (χ4n) is 2.94. The minimum atomic E-state index is 0.256. The van der Waals surface area contributed by atoms with E-state index in [1.807, 2.05) is 24.3 Å². The van der Waals surface area contributed by atoms with Gasteiger partial charge in [0.2, 0.25) is 0 Å². The Morgan fingerprint density at radius 2 is 1.72 bits per heavy atom. The van der Waals surface area contributed by atoms with Crippen LogP contribution in [0, 0.1) is 13.8 Å². The highest BCUT2D eigenvalue weighted by Crippen LogP contribution is 2.37. The molecule has 0 radical (unpaired) electrons. The summed E-state index contributed by atoms with van der Waals surface area (Å²) in [5.41, 5.74) is 5.37. The quantitative estimate of drug-likeness (QED) is 0.405. The third-order valence-corrected chi connectivity index (χ3v) is 5.63.